The van der Waals surface area contributed by atoms with E-state index in [1.54, 1.807) is 0 Å². The van der Waals surface area contributed by atoms with Gasteiger partial charge in [0.05, 0.1) is 6.42 Å². The number of hydrogen-bond donors (Lipinski definition) is 1. The van der Waals surface area contributed by atoms with Crippen LogP contribution in [0.1, 0.15) is 19.3 Å². The highest BCUT2D eigenvalue weighted by molar-refractivity contribution is 9.11. The summed E-state index contributed by atoms with van der Waals surface area (Å²) in [6.07, 6.45) is 5.92. The van der Waals surface area contributed by atoms with Crippen LogP contribution in [-0.2, 0) is 4.79 Å². The Kier molecular flexibility index (Phi) is 2.88. The Morgan fingerprint density at radius 3 is 3.00 bits per heavy atom. The molecule has 0 aromatic rings. The minimum atomic E-state index is -0.751. The molecule has 0 unspecified atom stereocenters. The smallest absolute Gasteiger partial charge is 0.307 e. The van der Waals surface area contributed by atoms with Gasteiger partial charge in [-0.3, -0.25) is 4.79 Å². The maximum Gasteiger partial charge on any atom is 0.307 e. The van der Waals surface area contributed by atoms with E-state index in [4.69, 9.17) is 5.11 Å². The third kappa shape index (κ3) is 2.89. The summed E-state index contributed by atoms with van der Waals surface area (Å²) < 4.78 is 1.00. The molecule has 0 radical (unpaired) electrons. The molecule has 1 aliphatic rings. The van der Waals surface area contributed by atoms with Gasteiger partial charge < -0.3 is 5.11 Å². The summed E-state index contributed by atoms with van der Waals surface area (Å²) >= 11 is 3.31. The lowest BCUT2D eigenvalue weighted by molar-refractivity contribution is -0.136. The standard InChI is InChI=1S/C8H9BrO2/c9-7-3-1-2-6(4-7)5-8(10)11/h3-4H,1-2,5H2,(H,10,11). The van der Waals surface area contributed by atoms with Crippen LogP contribution < -0.4 is 0 Å². The van der Waals surface area contributed by atoms with Gasteiger partial charge in [-0.15, -0.1) is 0 Å². The van der Waals surface area contributed by atoms with Crippen LogP contribution in [0.4, 0.5) is 0 Å². The van der Waals surface area contributed by atoms with Crippen LogP contribution in [0.25, 0.3) is 0 Å². The zero-order chi connectivity index (χ0) is 8.27. The summed E-state index contributed by atoms with van der Waals surface area (Å²) in [6, 6.07) is 0. The normalized spacial score (nSPS) is 17.2. The number of hydrogen-bond acceptors (Lipinski definition) is 1. The number of allylic oxidation sites excluding steroid dienone is 3. The molecule has 1 N–H and O–H groups in total. The van der Waals surface area contributed by atoms with Gasteiger partial charge in [-0.1, -0.05) is 27.6 Å². The summed E-state index contributed by atoms with van der Waals surface area (Å²) in [5.74, 6) is -0.751. The first kappa shape index (κ1) is 8.53. The summed E-state index contributed by atoms with van der Waals surface area (Å²) in [7, 11) is 0. The molecule has 0 aliphatic heterocycles. The summed E-state index contributed by atoms with van der Waals surface area (Å²) in [4.78, 5) is 10.3. The Labute approximate surface area is 73.7 Å². The third-order valence-corrected chi connectivity index (χ3v) is 2.08. The quantitative estimate of drug-likeness (QED) is 0.771. The van der Waals surface area contributed by atoms with Crippen LogP contribution in [0.2, 0.25) is 0 Å². The zero-order valence-electron chi connectivity index (χ0n) is 6.01. The van der Waals surface area contributed by atoms with E-state index < -0.39 is 5.97 Å². The van der Waals surface area contributed by atoms with Gasteiger partial charge in [0, 0.05) is 4.48 Å². The van der Waals surface area contributed by atoms with E-state index in [2.05, 4.69) is 15.9 Å². The van der Waals surface area contributed by atoms with Gasteiger partial charge in [-0.05, 0) is 18.9 Å². The molecule has 0 fully saturated rings. The molecule has 0 spiro atoms. The van der Waals surface area contributed by atoms with E-state index in [-0.39, 0.29) is 6.42 Å². The van der Waals surface area contributed by atoms with E-state index in [9.17, 15) is 4.79 Å². The van der Waals surface area contributed by atoms with Crippen molar-refractivity contribution in [3.63, 3.8) is 0 Å². The molecule has 0 saturated heterocycles. The largest absolute Gasteiger partial charge is 0.481 e. The van der Waals surface area contributed by atoms with Crippen LogP contribution in [0.15, 0.2) is 22.2 Å². The Hall–Kier alpha value is -0.570. The monoisotopic (exact) mass is 216 g/mol. The Balaban J connectivity index is 2.58. The number of carbonyl (C=O) groups is 1. The van der Waals surface area contributed by atoms with E-state index in [0.717, 1.165) is 22.9 Å². The van der Waals surface area contributed by atoms with Crippen molar-refractivity contribution in [3.05, 3.63) is 22.2 Å². The van der Waals surface area contributed by atoms with E-state index >= 15 is 0 Å². The summed E-state index contributed by atoms with van der Waals surface area (Å²) in [6.45, 7) is 0. The first-order valence-electron chi connectivity index (χ1n) is 3.45. The lowest BCUT2D eigenvalue weighted by Gasteiger charge is -2.07. The minimum Gasteiger partial charge on any atom is -0.481 e. The highest BCUT2D eigenvalue weighted by Crippen LogP contribution is 2.22. The number of halogens is 1. The molecule has 3 heteroatoms. The molecule has 0 bridgehead atoms. The zero-order valence-corrected chi connectivity index (χ0v) is 7.60. The van der Waals surface area contributed by atoms with Crippen LogP contribution in [0, 0.1) is 0 Å². The van der Waals surface area contributed by atoms with Crippen molar-refractivity contribution >= 4 is 21.9 Å². The van der Waals surface area contributed by atoms with Crippen molar-refractivity contribution in [2.75, 3.05) is 0 Å². The highest BCUT2D eigenvalue weighted by atomic mass is 79.9. The van der Waals surface area contributed by atoms with Crippen LogP contribution in [0.5, 0.6) is 0 Å². The van der Waals surface area contributed by atoms with Gasteiger partial charge in [0.15, 0.2) is 0 Å². The van der Waals surface area contributed by atoms with Gasteiger partial charge >= 0.3 is 5.97 Å². The molecule has 0 saturated carbocycles. The van der Waals surface area contributed by atoms with Gasteiger partial charge in [-0.25, -0.2) is 0 Å². The summed E-state index contributed by atoms with van der Waals surface area (Å²) in [5.41, 5.74) is 0.992. The second-order valence-corrected chi connectivity index (χ2v) is 3.42. The van der Waals surface area contributed by atoms with Gasteiger partial charge in [-0.2, -0.15) is 0 Å². The van der Waals surface area contributed by atoms with Gasteiger partial charge in [0.2, 0.25) is 0 Å². The second kappa shape index (κ2) is 3.72. The molecule has 11 heavy (non-hydrogen) atoms. The van der Waals surface area contributed by atoms with Crippen molar-refractivity contribution < 1.29 is 9.90 Å². The topological polar surface area (TPSA) is 37.3 Å². The molecule has 0 heterocycles. The third-order valence-electron chi connectivity index (χ3n) is 1.53. The molecule has 0 atom stereocenters. The Morgan fingerprint density at radius 1 is 1.73 bits per heavy atom. The lowest BCUT2D eigenvalue weighted by atomic mass is 10.0. The summed E-state index contributed by atoms with van der Waals surface area (Å²) in [5, 5.41) is 8.48. The predicted molar refractivity (Wildman–Crippen MR) is 46.6 cm³/mol. The first-order valence-corrected chi connectivity index (χ1v) is 4.24. The highest BCUT2D eigenvalue weighted by Gasteiger charge is 2.06. The number of rotatable bonds is 2. The fraction of sp³-hybridized carbons (Fsp3) is 0.375. The second-order valence-electron chi connectivity index (χ2n) is 2.50. The maximum atomic E-state index is 10.3. The van der Waals surface area contributed by atoms with E-state index in [1.165, 1.54) is 0 Å². The molecular formula is C8H9BrO2. The molecule has 2 nitrogen and oxygen atoms in total. The fourth-order valence-electron chi connectivity index (χ4n) is 1.06. The molecule has 60 valence electrons. The minimum absolute atomic E-state index is 0.170. The average molecular weight is 217 g/mol. The molecule has 0 aromatic carbocycles. The Morgan fingerprint density at radius 2 is 2.45 bits per heavy atom. The molecule has 1 aliphatic carbocycles. The molecular weight excluding hydrogens is 208 g/mol. The van der Waals surface area contributed by atoms with Crippen molar-refractivity contribution in [2.45, 2.75) is 19.3 Å². The van der Waals surface area contributed by atoms with Crippen LogP contribution in [-0.4, -0.2) is 11.1 Å². The average Bonchev–Trinajstić information content (AvgIpc) is 1.85. The van der Waals surface area contributed by atoms with Crippen LogP contribution >= 0.6 is 15.9 Å². The van der Waals surface area contributed by atoms with Crippen LogP contribution in [0.3, 0.4) is 0 Å². The van der Waals surface area contributed by atoms with Crippen molar-refractivity contribution in [1.29, 1.82) is 0 Å². The van der Waals surface area contributed by atoms with Gasteiger partial charge in [0.25, 0.3) is 0 Å². The number of carboxylic acids is 1. The van der Waals surface area contributed by atoms with Crippen molar-refractivity contribution in [3.8, 4) is 0 Å². The number of carboxylic acid groups (broad SMARTS) is 1. The molecule has 0 aromatic heterocycles. The molecule has 1 rings (SSSR count). The lowest BCUT2D eigenvalue weighted by Crippen LogP contribution is -1.99. The van der Waals surface area contributed by atoms with E-state index in [0.29, 0.717) is 0 Å². The molecule has 0 amide bonds. The van der Waals surface area contributed by atoms with E-state index in [1.807, 2.05) is 12.2 Å². The Bertz CT molecular complexity index is 228. The first-order chi connectivity index (χ1) is 5.18. The van der Waals surface area contributed by atoms with Gasteiger partial charge in [0.1, 0.15) is 0 Å². The van der Waals surface area contributed by atoms with Crippen molar-refractivity contribution in [2.24, 2.45) is 0 Å². The fourth-order valence-corrected chi connectivity index (χ4v) is 1.61. The maximum absolute atomic E-state index is 10.3. The number of aliphatic carboxylic acids is 1. The van der Waals surface area contributed by atoms with Crippen molar-refractivity contribution in [1.82, 2.24) is 0 Å². The predicted octanol–water partition coefficient (Wildman–Crippen LogP) is 2.46. The SMILES string of the molecule is O=C(O)CC1=CC(Br)=CCC1.